The van der Waals surface area contributed by atoms with Crippen LogP contribution in [-0.4, -0.2) is 33.4 Å². The summed E-state index contributed by atoms with van der Waals surface area (Å²) in [5.41, 5.74) is 2.80. The van der Waals surface area contributed by atoms with Crippen molar-refractivity contribution in [2.75, 3.05) is 38.3 Å². The molecule has 0 amide bonds. The summed E-state index contributed by atoms with van der Waals surface area (Å²) in [6.07, 6.45) is 4.03. The van der Waals surface area contributed by atoms with E-state index >= 15 is 0 Å². The normalized spacial score (nSPS) is 15.9. The van der Waals surface area contributed by atoms with Crippen LogP contribution in [0.4, 0.5) is 5.69 Å². The molecule has 1 N–H and O–H groups in total. The quantitative estimate of drug-likeness (QED) is 0.782. The summed E-state index contributed by atoms with van der Waals surface area (Å²) >= 11 is 0. The maximum absolute atomic E-state index is 5.05. The minimum absolute atomic E-state index is 0.770. The van der Waals surface area contributed by atoms with Crippen molar-refractivity contribution < 1.29 is 4.74 Å². The molecule has 0 radical (unpaired) electrons. The van der Waals surface area contributed by atoms with Crippen LogP contribution < -0.4 is 10.2 Å². The van der Waals surface area contributed by atoms with Crippen molar-refractivity contribution in [2.24, 2.45) is 0 Å². The fourth-order valence-electron chi connectivity index (χ4n) is 2.50. The Morgan fingerprint density at radius 2 is 1.94 bits per heavy atom. The van der Waals surface area contributed by atoms with E-state index in [0.29, 0.717) is 0 Å². The molecule has 3 nitrogen and oxygen atoms in total. The highest BCUT2D eigenvalue weighted by molar-refractivity contribution is 5.53. The molecule has 0 spiro atoms. The van der Waals surface area contributed by atoms with E-state index in [1.807, 2.05) is 0 Å². The number of anilines is 1. The molecule has 0 atom stereocenters. The maximum atomic E-state index is 5.05. The minimum atomic E-state index is 0.770. The van der Waals surface area contributed by atoms with Crippen molar-refractivity contribution in [3.63, 3.8) is 0 Å². The Morgan fingerprint density at radius 1 is 1.17 bits per heavy atom. The van der Waals surface area contributed by atoms with E-state index in [-0.39, 0.29) is 0 Å². The molecule has 18 heavy (non-hydrogen) atoms. The molecule has 1 fully saturated rings. The molecule has 0 aliphatic carbocycles. The first kappa shape index (κ1) is 13.4. The summed E-state index contributed by atoms with van der Waals surface area (Å²) in [5, 5.41) is 3.43. The third-order valence-corrected chi connectivity index (χ3v) is 3.49. The van der Waals surface area contributed by atoms with Crippen molar-refractivity contribution in [2.45, 2.75) is 25.8 Å². The van der Waals surface area contributed by atoms with Gasteiger partial charge in [0.05, 0.1) is 6.61 Å². The molecule has 1 aliphatic heterocycles. The lowest BCUT2D eigenvalue weighted by Gasteiger charge is -2.30. The Balaban J connectivity index is 1.96. The molecule has 0 saturated carbocycles. The Morgan fingerprint density at radius 3 is 2.72 bits per heavy atom. The number of nitrogens with zero attached hydrogens (tertiary/aromatic N) is 1. The molecular weight excluding hydrogens is 224 g/mol. The van der Waals surface area contributed by atoms with E-state index in [4.69, 9.17) is 4.74 Å². The predicted octanol–water partition coefficient (Wildman–Crippen LogP) is 2.41. The molecule has 1 saturated heterocycles. The van der Waals surface area contributed by atoms with Gasteiger partial charge >= 0.3 is 0 Å². The average Bonchev–Trinajstić information content (AvgIpc) is 2.45. The van der Waals surface area contributed by atoms with Gasteiger partial charge in [0.15, 0.2) is 0 Å². The lowest BCUT2D eigenvalue weighted by Crippen LogP contribution is -2.31. The molecule has 1 heterocycles. The molecule has 1 aliphatic rings. The second-order valence-electron chi connectivity index (χ2n) is 4.85. The molecule has 1 aromatic carbocycles. The first-order chi connectivity index (χ1) is 8.92. The molecule has 2 rings (SSSR count). The van der Waals surface area contributed by atoms with Crippen LogP contribution in [0.5, 0.6) is 0 Å². The standard InChI is InChI=1S/C15H24N2O/c1-18-12-9-16-13-14-7-3-4-8-15(14)17-10-5-2-6-11-17/h3-4,7-8,16H,2,5-6,9-13H2,1H3. The van der Waals surface area contributed by atoms with Gasteiger partial charge in [0.25, 0.3) is 0 Å². The number of benzene rings is 1. The van der Waals surface area contributed by atoms with E-state index in [0.717, 1.165) is 19.7 Å². The van der Waals surface area contributed by atoms with Crippen LogP contribution in [0.25, 0.3) is 0 Å². The first-order valence-corrected chi connectivity index (χ1v) is 6.94. The topological polar surface area (TPSA) is 24.5 Å². The number of methoxy groups -OCH3 is 1. The summed E-state index contributed by atoms with van der Waals surface area (Å²) in [6, 6.07) is 8.74. The van der Waals surface area contributed by atoms with E-state index < -0.39 is 0 Å². The number of rotatable bonds is 6. The summed E-state index contributed by atoms with van der Waals surface area (Å²) in [5.74, 6) is 0. The van der Waals surface area contributed by atoms with Crippen LogP contribution >= 0.6 is 0 Å². The van der Waals surface area contributed by atoms with Gasteiger partial charge in [0, 0.05) is 39.0 Å². The number of para-hydroxylation sites is 1. The fraction of sp³-hybridized carbons (Fsp3) is 0.600. The first-order valence-electron chi connectivity index (χ1n) is 6.94. The third-order valence-electron chi connectivity index (χ3n) is 3.49. The highest BCUT2D eigenvalue weighted by Crippen LogP contribution is 2.23. The predicted molar refractivity (Wildman–Crippen MR) is 76.1 cm³/mol. The van der Waals surface area contributed by atoms with Gasteiger partial charge in [-0.1, -0.05) is 18.2 Å². The van der Waals surface area contributed by atoms with E-state index in [9.17, 15) is 0 Å². The lowest BCUT2D eigenvalue weighted by molar-refractivity contribution is 0.199. The zero-order valence-corrected chi connectivity index (χ0v) is 11.3. The summed E-state index contributed by atoms with van der Waals surface area (Å²) in [4.78, 5) is 2.52. The van der Waals surface area contributed by atoms with Gasteiger partial charge in [-0.15, -0.1) is 0 Å². The van der Waals surface area contributed by atoms with Crippen molar-refractivity contribution >= 4 is 5.69 Å². The van der Waals surface area contributed by atoms with Crippen LogP contribution in [0, 0.1) is 0 Å². The molecular formula is C15H24N2O. The van der Waals surface area contributed by atoms with Crippen molar-refractivity contribution in [1.82, 2.24) is 5.32 Å². The van der Waals surface area contributed by atoms with E-state index in [2.05, 4.69) is 34.5 Å². The van der Waals surface area contributed by atoms with Crippen LogP contribution in [0.1, 0.15) is 24.8 Å². The second-order valence-corrected chi connectivity index (χ2v) is 4.85. The second kappa shape index (κ2) is 7.39. The Bertz CT molecular complexity index is 348. The van der Waals surface area contributed by atoms with Gasteiger partial charge in [0.1, 0.15) is 0 Å². The van der Waals surface area contributed by atoms with Gasteiger partial charge in [0.2, 0.25) is 0 Å². The summed E-state index contributed by atoms with van der Waals surface area (Å²) in [6.45, 7) is 5.01. The molecule has 0 aromatic heterocycles. The fourth-order valence-corrected chi connectivity index (χ4v) is 2.50. The number of piperidine rings is 1. The van der Waals surface area contributed by atoms with Crippen LogP contribution in [0.3, 0.4) is 0 Å². The van der Waals surface area contributed by atoms with Gasteiger partial charge in [-0.3, -0.25) is 0 Å². The zero-order valence-electron chi connectivity index (χ0n) is 11.3. The average molecular weight is 248 g/mol. The third kappa shape index (κ3) is 3.72. The van der Waals surface area contributed by atoms with Gasteiger partial charge in [-0.05, 0) is 30.9 Å². The zero-order chi connectivity index (χ0) is 12.6. The number of nitrogens with one attached hydrogen (secondary N) is 1. The molecule has 0 bridgehead atoms. The lowest BCUT2D eigenvalue weighted by atomic mass is 10.1. The SMILES string of the molecule is COCCNCc1ccccc1N1CCCCC1. The van der Waals surface area contributed by atoms with Gasteiger partial charge in [-0.25, -0.2) is 0 Å². The molecule has 100 valence electrons. The van der Waals surface area contributed by atoms with Gasteiger partial charge in [-0.2, -0.15) is 0 Å². The maximum Gasteiger partial charge on any atom is 0.0587 e. The molecule has 3 heteroatoms. The molecule has 0 unspecified atom stereocenters. The highest BCUT2D eigenvalue weighted by atomic mass is 16.5. The van der Waals surface area contributed by atoms with Gasteiger partial charge < -0.3 is 15.0 Å². The number of hydrogen-bond acceptors (Lipinski definition) is 3. The van der Waals surface area contributed by atoms with Crippen LogP contribution in [-0.2, 0) is 11.3 Å². The van der Waals surface area contributed by atoms with Crippen molar-refractivity contribution in [1.29, 1.82) is 0 Å². The number of ether oxygens (including phenoxy) is 1. The van der Waals surface area contributed by atoms with Crippen molar-refractivity contribution in [3.8, 4) is 0 Å². The molecule has 1 aromatic rings. The van der Waals surface area contributed by atoms with Crippen LogP contribution in [0.2, 0.25) is 0 Å². The van der Waals surface area contributed by atoms with E-state index in [1.165, 1.54) is 43.6 Å². The Hall–Kier alpha value is -1.06. The minimum Gasteiger partial charge on any atom is -0.383 e. The van der Waals surface area contributed by atoms with Crippen molar-refractivity contribution in [3.05, 3.63) is 29.8 Å². The van der Waals surface area contributed by atoms with E-state index in [1.54, 1.807) is 7.11 Å². The Kier molecular flexibility index (Phi) is 5.49. The monoisotopic (exact) mass is 248 g/mol. The summed E-state index contributed by atoms with van der Waals surface area (Å²) < 4.78 is 5.05. The van der Waals surface area contributed by atoms with Crippen LogP contribution in [0.15, 0.2) is 24.3 Å². The largest absolute Gasteiger partial charge is 0.383 e. The highest BCUT2D eigenvalue weighted by Gasteiger charge is 2.13. The number of hydrogen-bond donors (Lipinski definition) is 1. The Labute approximate surface area is 110 Å². The smallest absolute Gasteiger partial charge is 0.0587 e. The summed E-state index contributed by atoms with van der Waals surface area (Å²) in [7, 11) is 1.74.